The molecule has 0 aliphatic heterocycles. The van der Waals surface area contributed by atoms with E-state index in [-0.39, 0.29) is 0 Å². The van der Waals surface area contributed by atoms with E-state index in [0.29, 0.717) is 0 Å². The highest BCUT2D eigenvalue weighted by atomic mass is 32.1. The lowest BCUT2D eigenvalue weighted by molar-refractivity contribution is 0.872. The van der Waals surface area contributed by atoms with Crippen molar-refractivity contribution >= 4 is 16.3 Å². The van der Waals surface area contributed by atoms with Crippen molar-refractivity contribution in [2.24, 2.45) is 0 Å². The van der Waals surface area contributed by atoms with E-state index in [9.17, 15) is 0 Å². The number of hydrogen-bond donors (Lipinski definition) is 0. The van der Waals surface area contributed by atoms with Crippen LogP contribution in [-0.4, -0.2) is 13.1 Å². The van der Waals surface area contributed by atoms with Gasteiger partial charge in [-0.15, -0.1) is 11.3 Å². The topological polar surface area (TPSA) is 3.24 Å². The number of anilines is 1. The van der Waals surface area contributed by atoms with Gasteiger partial charge in [0.15, 0.2) is 0 Å². The molecule has 1 aromatic rings. The zero-order valence-corrected chi connectivity index (χ0v) is 8.87. The Labute approximate surface area is 79.0 Å². The standard InChI is InChI=1S/C10H16NS/c1-5-11(6-2)10-9(4)8(3)7-12-10/h7H,3,5-6H2,1-2,4H3. The van der Waals surface area contributed by atoms with Gasteiger partial charge in [0.2, 0.25) is 0 Å². The van der Waals surface area contributed by atoms with Crippen molar-refractivity contribution < 1.29 is 0 Å². The summed E-state index contributed by atoms with van der Waals surface area (Å²) in [4.78, 5) is 2.37. The molecule has 0 spiro atoms. The van der Waals surface area contributed by atoms with Crippen LogP contribution in [0.1, 0.15) is 25.0 Å². The molecule has 0 saturated heterocycles. The van der Waals surface area contributed by atoms with Gasteiger partial charge in [0.05, 0.1) is 5.00 Å². The molecule has 0 aliphatic carbocycles. The second kappa shape index (κ2) is 3.94. The molecule has 0 unspecified atom stereocenters. The third-order valence-electron chi connectivity index (χ3n) is 2.17. The van der Waals surface area contributed by atoms with Crippen LogP contribution in [0.5, 0.6) is 0 Å². The van der Waals surface area contributed by atoms with E-state index < -0.39 is 0 Å². The van der Waals surface area contributed by atoms with Crippen LogP contribution in [0.4, 0.5) is 5.00 Å². The van der Waals surface area contributed by atoms with Gasteiger partial charge >= 0.3 is 0 Å². The van der Waals surface area contributed by atoms with E-state index >= 15 is 0 Å². The second-order valence-electron chi connectivity index (χ2n) is 2.86. The first kappa shape index (κ1) is 9.59. The van der Waals surface area contributed by atoms with E-state index in [1.54, 1.807) is 11.3 Å². The van der Waals surface area contributed by atoms with Crippen molar-refractivity contribution in [1.29, 1.82) is 0 Å². The monoisotopic (exact) mass is 182 g/mol. The number of thiophene rings is 1. The molecule has 0 amide bonds. The molecule has 0 atom stereocenters. The van der Waals surface area contributed by atoms with Gasteiger partial charge in [0.25, 0.3) is 0 Å². The maximum Gasteiger partial charge on any atom is 0.0940 e. The predicted octanol–water partition coefficient (Wildman–Crippen LogP) is 3.08. The SMILES string of the molecule is [CH2]c1csc(N(CC)CC)c1C. The molecule has 67 valence electrons. The second-order valence-corrected chi connectivity index (χ2v) is 3.72. The molecule has 0 saturated carbocycles. The summed E-state index contributed by atoms with van der Waals surface area (Å²) in [5.41, 5.74) is 2.51. The zero-order chi connectivity index (χ0) is 9.14. The van der Waals surface area contributed by atoms with Crippen LogP contribution < -0.4 is 4.90 Å². The molecular weight excluding hydrogens is 166 g/mol. The Bertz CT molecular complexity index is 248. The van der Waals surface area contributed by atoms with E-state index in [1.807, 2.05) is 0 Å². The lowest BCUT2D eigenvalue weighted by Gasteiger charge is -2.19. The minimum Gasteiger partial charge on any atom is -0.364 e. The highest BCUT2D eigenvalue weighted by Crippen LogP contribution is 2.29. The average Bonchev–Trinajstić information content (AvgIpc) is 2.38. The quantitative estimate of drug-likeness (QED) is 0.694. The fraction of sp³-hybridized carbons (Fsp3) is 0.500. The summed E-state index contributed by atoms with van der Waals surface area (Å²) in [7, 11) is 0. The summed E-state index contributed by atoms with van der Waals surface area (Å²) < 4.78 is 0. The molecule has 0 bridgehead atoms. The zero-order valence-electron chi connectivity index (χ0n) is 8.05. The van der Waals surface area contributed by atoms with E-state index in [1.165, 1.54) is 16.1 Å². The first-order valence-corrected chi connectivity index (χ1v) is 5.23. The Kier molecular flexibility index (Phi) is 3.15. The summed E-state index contributed by atoms with van der Waals surface area (Å²) in [6, 6.07) is 0. The summed E-state index contributed by atoms with van der Waals surface area (Å²) in [6.45, 7) is 12.7. The Morgan fingerprint density at radius 2 is 2.00 bits per heavy atom. The van der Waals surface area contributed by atoms with Gasteiger partial charge in [-0.3, -0.25) is 0 Å². The van der Waals surface area contributed by atoms with Gasteiger partial charge in [0, 0.05) is 13.1 Å². The Morgan fingerprint density at radius 3 is 2.33 bits per heavy atom. The van der Waals surface area contributed by atoms with Gasteiger partial charge in [-0.25, -0.2) is 0 Å². The Morgan fingerprint density at radius 1 is 1.42 bits per heavy atom. The van der Waals surface area contributed by atoms with Gasteiger partial charge in [0.1, 0.15) is 0 Å². The lowest BCUT2D eigenvalue weighted by atomic mass is 10.2. The first-order valence-electron chi connectivity index (χ1n) is 4.35. The van der Waals surface area contributed by atoms with Crippen molar-refractivity contribution in [1.82, 2.24) is 0 Å². The molecule has 1 radical (unpaired) electrons. The van der Waals surface area contributed by atoms with Crippen LogP contribution in [0.15, 0.2) is 5.38 Å². The maximum atomic E-state index is 3.98. The van der Waals surface area contributed by atoms with Gasteiger partial charge < -0.3 is 4.90 Å². The summed E-state index contributed by atoms with van der Waals surface area (Å²) in [5, 5.41) is 3.51. The minimum atomic E-state index is 1.08. The van der Waals surface area contributed by atoms with Gasteiger partial charge in [-0.1, -0.05) is 0 Å². The molecule has 1 heterocycles. The van der Waals surface area contributed by atoms with Crippen LogP contribution in [0.2, 0.25) is 0 Å². The third kappa shape index (κ3) is 1.63. The van der Waals surface area contributed by atoms with Crippen LogP contribution in [-0.2, 0) is 0 Å². The number of hydrogen-bond acceptors (Lipinski definition) is 2. The molecule has 1 nitrogen and oxygen atoms in total. The Hall–Kier alpha value is -0.500. The summed E-state index contributed by atoms with van der Waals surface area (Å²) >= 11 is 1.80. The molecule has 1 rings (SSSR count). The average molecular weight is 182 g/mol. The molecule has 0 fully saturated rings. The largest absolute Gasteiger partial charge is 0.364 e. The van der Waals surface area contributed by atoms with Crippen LogP contribution in [0.25, 0.3) is 0 Å². The van der Waals surface area contributed by atoms with Crippen molar-refractivity contribution in [3.05, 3.63) is 23.4 Å². The van der Waals surface area contributed by atoms with E-state index in [0.717, 1.165) is 13.1 Å². The molecule has 2 heteroatoms. The van der Waals surface area contributed by atoms with Crippen molar-refractivity contribution in [3.8, 4) is 0 Å². The van der Waals surface area contributed by atoms with Crippen LogP contribution in [0.3, 0.4) is 0 Å². The maximum absolute atomic E-state index is 3.98. The fourth-order valence-corrected chi connectivity index (χ4v) is 2.41. The normalized spacial score (nSPS) is 10.3. The Balaban J connectivity index is 2.93. The van der Waals surface area contributed by atoms with Gasteiger partial charge in [-0.2, -0.15) is 0 Å². The van der Waals surface area contributed by atoms with E-state index in [2.05, 4.69) is 38.0 Å². The number of rotatable bonds is 3. The molecule has 0 N–H and O–H groups in total. The highest BCUT2D eigenvalue weighted by molar-refractivity contribution is 7.14. The first-order chi connectivity index (χ1) is 5.70. The van der Waals surface area contributed by atoms with Crippen LogP contribution in [0, 0.1) is 13.8 Å². The van der Waals surface area contributed by atoms with E-state index in [4.69, 9.17) is 0 Å². The fourth-order valence-electron chi connectivity index (χ4n) is 1.26. The summed E-state index contributed by atoms with van der Waals surface area (Å²) in [6.07, 6.45) is 0. The van der Waals surface area contributed by atoms with Crippen molar-refractivity contribution in [3.63, 3.8) is 0 Å². The highest BCUT2D eigenvalue weighted by Gasteiger charge is 2.08. The minimum absolute atomic E-state index is 1.08. The third-order valence-corrected chi connectivity index (χ3v) is 3.36. The predicted molar refractivity (Wildman–Crippen MR) is 57.1 cm³/mol. The van der Waals surface area contributed by atoms with Crippen molar-refractivity contribution in [2.45, 2.75) is 20.8 Å². The molecule has 1 aromatic heterocycles. The molecule has 0 aliphatic rings. The lowest BCUT2D eigenvalue weighted by Crippen LogP contribution is -2.21. The smallest absolute Gasteiger partial charge is 0.0940 e. The number of nitrogens with zero attached hydrogens (tertiary/aromatic N) is 1. The van der Waals surface area contributed by atoms with Crippen molar-refractivity contribution in [2.75, 3.05) is 18.0 Å². The van der Waals surface area contributed by atoms with Crippen LogP contribution >= 0.6 is 11.3 Å². The van der Waals surface area contributed by atoms with Gasteiger partial charge in [-0.05, 0) is 44.2 Å². The molecule has 12 heavy (non-hydrogen) atoms. The molecule has 0 aromatic carbocycles. The summed E-state index contributed by atoms with van der Waals surface area (Å²) in [5.74, 6) is 0. The molecular formula is C10H16NS.